The number of furan rings is 1. The van der Waals surface area contributed by atoms with Crippen LogP contribution in [0.2, 0.25) is 0 Å². The highest BCUT2D eigenvalue weighted by Crippen LogP contribution is 2.43. The zero-order chi connectivity index (χ0) is 10.2. The molecule has 0 amide bonds. The van der Waals surface area contributed by atoms with E-state index in [-0.39, 0.29) is 5.41 Å². The van der Waals surface area contributed by atoms with Crippen molar-refractivity contribution in [1.82, 2.24) is 0 Å². The average Bonchev–Trinajstić information content (AvgIpc) is 2.50. The third kappa shape index (κ3) is 1.37. The van der Waals surface area contributed by atoms with Gasteiger partial charge in [0.25, 0.3) is 0 Å². The van der Waals surface area contributed by atoms with Crippen molar-refractivity contribution in [2.45, 2.75) is 26.4 Å². The van der Waals surface area contributed by atoms with Crippen LogP contribution in [0.15, 0.2) is 16.5 Å². The van der Waals surface area contributed by atoms with E-state index in [0.29, 0.717) is 19.0 Å². The highest BCUT2D eigenvalue weighted by atomic mass is 16.5. The summed E-state index contributed by atoms with van der Waals surface area (Å²) >= 11 is 0. The van der Waals surface area contributed by atoms with Crippen molar-refractivity contribution in [3.63, 3.8) is 0 Å². The number of hydrogen-bond acceptors (Lipinski definition) is 3. The Bertz CT molecular complexity index is 307. The maximum atomic E-state index is 10.1. The van der Waals surface area contributed by atoms with E-state index in [1.807, 2.05) is 19.1 Å². The highest BCUT2D eigenvalue weighted by Gasteiger charge is 2.45. The lowest BCUT2D eigenvalue weighted by Crippen LogP contribution is -2.46. The van der Waals surface area contributed by atoms with Crippen LogP contribution in [0.4, 0.5) is 0 Å². The fraction of sp³-hybridized carbons (Fsp3) is 0.636. The minimum Gasteiger partial charge on any atom is -0.464 e. The molecule has 0 radical (unpaired) electrons. The molecule has 1 unspecified atom stereocenters. The topological polar surface area (TPSA) is 42.6 Å². The lowest BCUT2D eigenvalue weighted by molar-refractivity contribution is -0.180. The summed E-state index contributed by atoms with van der Waals surface area (Å²) in [5.41, 5.74) is -0.121. The standard InChI is InChI=1S/C11H16O3/c1-3-11(6-13-7-11)10(12)9-5-4-8(2)14-9/h4-5,10,12H,3,6-7H2,1-2H3. The number of rotatable bonds is 3. The average molecular weight is 196 g/mol. The van der Waals surface area contributed by atoms with E-state index in [2.05, 4.69) is 6.92 Å². The van der Waals surface area contributed by atoms with Crippen LogP contribution in [0.5, 0.6) is 0 Å². The molecule has 78 valence electrons. The van der Waals surface area contributed by atoms with E-state index in [4.69, 9.17) is 9.15 Å². The van der Waals surface area contributed by atoms with Crippen LogP contribution in [0.3, 0.4) is 0 Å². The minimum atomic E-state index is -0.532. The molecular weight excluding hydrogens is 180 g/mol. The third-order valence-corrected chi connectivity index (χ3v) is 3.09. The van der Waals surface area contributed by atoms with E-state index in [0.717, 1.165) is 12.2 Å². The molecule has 1 saturated heterocycles. The zero-order valence-corrected chi connectivity index (χ0v) is 8.62. The summed E-state index contributed by atoms with van der Waals surface area (Å²) in [5.74, 6) is 1.50. The van der Waals surface area contributed by atoms with Crippen LogP contribution in [0.25, 0.3) is 0 Å². The maximum Gasteiger partial charge on any atom is 0.133 e. The van der Waals surface area contributed by atoms with Crippen molar-refractivity contribution in [1.29, 1.82) is 0 Å². The van der Waals surface area contributed by atoms with Crippen molar-refractivity contribution in [2.75, 3.05) is 13.2 Å². The summed E-state index contributed by atoms with van der Waals surface area (Å²) < 4.78 is 10.6. The summed E-state index contributed by atoms with van der Waals surface area (Å²) in [7, 11) is 0. The molecule has 0 saturated carbocycles. The van der Waals surface area contributed by atoms with Crippen LogP contribution in [0, 0.1) is 12.3 Å². The molecule has 0 spiro atoms. The quantitative estimate of drug-likeness (QED) is 0.804. The predicted octanol–water partition coefficient (Wildman–Crippen LogP) is 2.05. The Labute approximate surface area is 83.7 Å². The van der Waals surface area contributed by atoms with E-state index in [1.165, 1.54) is 0 Å². The molecule has 1 N–H and O–H groups in total. The Morgan fingerprint density at radius 1 is 1.50 bits per heavy atom. The second-order valence-electron chi connectivity index (χ2n) is 4.06. The normalized spacial score (nSPS) is 21.6. The van der Waals surface area contributed by atoms with Crippen molar-refractivity contribution >= 4 is 0 Å². The van der Waals surface area contributed by atoms with Gasteiger partial charge in [0.2, 0.25) is 0 Å². The van der Waals surface area contributed by atoms with E-state index >= 15 is 0 Å². The SMILES string of the molecule is CCC1(C(O)c2ccc(C)o2)COC1. The molecule has 0 aromatic carbocycles. The molecule has 2 heterocycles. The molecule has 14 heavy (non-hydrogen) atoms. The van der Waals surface area contributed by atoms with Crippen LogP contribution in [-0.4, -0.2) is 18.3 Å². The molecule has 1 aliphatic heterocycles. The first-order chi connectivity index (χ1) is 6.68. The predicted molar refractivity (Wildman–Crippen MR) is 51.9 cm³/mol. The summed E-state index contributed by atoms with van der Waals surface area (Å²) in [4.78, 5) is 0. The Kier molecular flexibility index (Phi) is 2.37. The number of aryl methyl sites for hydroxylation is 1. The lowest BCUT2D eigenvalue weighted by Gasteiger charge is -2.43. The number of aliphatic hydroxyl groups is 1. The summed E-state index contributed by atoms with van der Waals surface area (Å²) in [6, 6.07) is 3.72. The van der Waals surface area contributed by atoms with E-state index in [1.54, 1.807) is 0 Å². The summed E-state index contributed by atoms with van der Waals surface area (Å²) in [6.07, 6.45) is 0.378. The van der Waals surface area contributed by atoms with Gasteiger partial charge in [-0.25, -0.2) is 0 Å². The van der Waals surface area contributed by atoms with Crippen LogP contribution < -0.4 is 0 Å². The van der Waals surface area contributed by atoms with E-state index in [9.17, 15) is 5.11 Å². The molecule has 0 bridgehead atoms. The molecule has 1 aromatic heterocycles. The highest BCUT2D eigenvalue weighted by molar-refractivity contribution is 5.12. The molecule has 1 atom stereocenters. The smallest absolute Gasteiger partial charge is 0.133 e. The fourth-order valence-corrected chi connectivity index (χ4v) is 1.82. The van der Waals surface area contributed by atoms with Gasteiger partial charge in [0.15, 0.2) is 0 Å². The van der Waals surface area contributed by atoms with Gasteiger partial charge in [0, 0.05) is 0 Å². The molecule has 3 heteroatoms. The summed E-state index contributed by atoms with van der Waals surface area (Å²) in [5, 5.41) is 10.1. The maximum absolute atomic E-state index is 10.1. The van der Waals surface area contributed by atoms with Gasteiger partial charge in [-0.05, 0) is 25.5 Å². The first-order valence-corrected chi connectivity index (χ1v) is 5.00. The van der Waals surface area contributed by atoms with Crippen LogP contribution in [-0.2, 0) is 4.74 Å². The van der Waals surface area contributed by atoms with Crippen molar-refractivity contribution in [2.24, 2.45) is 5.41 Å². The second kappa shape index (κ2) is 3.41. The van der Waals surface area contributed by atoms with Crippen LogP contribution in [0.1, 0.15) is 31.0 Å². The Morgan fingerprint density at radius 3 is 2.57 bits per heavy atom. The summed E-state index contributed by atoms with van der Waals surface area (Å²) in [6.45, 7) is 5.21. The first-order valence-electron chi connectivity index (χ1n) is 5.00. The molecule has 1 aromatic rings. The van der Waals surface area contributed by atoms with Crippen molar-refractivity contribution in [3.8, 4) is 0 Å². The van der Waals surface area contributed by atoms with E-state index < -0.39 is 6.10 Å². The second-order valence-corrected chi connectivity index (χ2v) is 4.06. The Hall–Kier alpha value is -0.800. The van der Waals surface area contributed by atoms with Gasteiger partial charge in [-0.1, -0.05) is 6.92 Å². The van der Waals surface area contributed by atoms with Crippen molar-refractivity contribution in [3.05, 3.63) is 23.7 Å². The zero-order valence-electron chi connectivity index (χ0n) is 8.62. The molecule has 0 aliphatic carbocycles. The van der Waals surface area contributed by atoms with Gasteiger partial charge >= 0.3 is 0 Å². The van der Waals surface area contributed by atoms with Gasteiger partial charge in [-0.2, -0.15) is 0 Å². The first kappa shape index (κ1) is 9.74. The van der Waals surface area contributed by atoms with Gasteiger partial charge in [0.1, 0.15) is 17.6 Å². The van der Waals surface area contributed by atoms with Gasteiger partial charge in [-0.15, -0.1) is 0 Å². The Morgan fingerprint density at radius 2 is 2.21 bits per heavy atom. The number of ether oxygens (including phenoxy) is 1. The lowest BCUT2D eigenvalue weighted by atomic mass is 9.77. The molecule has 3 nitrogen and oxygen atoms in total. The molecule has 2 rings (SSSR count). The van der Waals surface area contributed by atoms with Gasteiger partial charge < -0.3 is 14.3 Å². The molecule has 1 fully saturated rings. The van der Waals surface area contributed by atoms with Crippen LogP contribution >= 0.6 is 0 Å². The van der Waals surface area contributed by atoms with Crippen molar-refractivity contribution < 1.29 is 14.3 Å². The fourth-order valence-electron chi connectivity index (χ4n) is 1.82. The molecular formula is C11H16O3. The van der Waals surface area contributed by atoms with Gasteiger partial charge in [0.05, 0.1) is 18.6 Å². The molecule has 1 aliphatic rings. The number of hydrogen-bond donors (Lipinski definition) is 1. The third-order valence-electron chi connectivity index (χ3n) is 3.09. The largest absolute Gasteiger partial charge is 0.464 e. The Balaban J connectivity index is 2.18. The number of aliphatic hydroxyl groups excluding tert-OH is 1. The monoisotopic (exact) mass is 196 g/mol. The van der Waals surface area contributed by atoms with Gasteiger partial charge in [-0.3, -0.25) is 0 Å². The minimum absolute atomic E-state index is 0.121.